The fourth-order valence-corrected chi connectivity index (χ4v) is 7.48. The lowest BCUT2D eigenvalue weighted by Crippen LogP contribution is -2.50. The van der Waals surface area contributed by atoms with Crippen LogP contribution in [0.5, 0.6) is 0 Å². The van der Waals surface area contributed by atoms with Gasteiger partial charge in [-0.05, 0) is 74.1 Å². The summed E-state index contributed by atoms with van der Waals surface area (Å²) in [6.45, 7) is 2.44. The molecule has 3 aliphatic rings. The van der Waals surface area contributed by atoms with Crippen molar-refractivity contribution >= 4 is 39.1 Å². The Balaban J connectivity index is 1.17. The highest BCUT2D eigenvalue weighted by molar-refractivity contribution is 7.16. The molecule has 2 saturated heterocycles. The molecule has 0 spiro atoms. The molecule has 1 aromatic carbocycles. The topological polar surface area (TPSA) is 73.1 Å². The number of carbonyl (C=O) groups is 1. The second kappa shape index (κ2) is 8.85. The number of aryl methyl sites for hydroxylation is 1. The lowest BCUT2D eigenvalue weighted by Gasteiger charge is -2.41. The van der Waals surface area contributed by atoms with E-state index >= 15 is 0 Å². The van der Waals surface area contributed by atoms with Crippen molar-refractivity contribution in [1.29, 1.82) is 5.26 Å². The number of rotatable bonds is 5. The average molecular weight is 506 g/mol. The molecule has 1 amide bonds. The van der Waals surface area contributed by atoms with E-state index in [-0.39, 0.29) is 11.9 Å². The monoisotopic (exact) mass is 505 g/mol. The second-order valence-electron chi connectivity index (χ2n) is 10.2. The zero-order valence-corrected chi connectivity index (χ0v) is 21.5. The molecule has 35 heavy (non-hydrogen) atoms. The number of aromatic nitrogens is 2. The Kier molecular flexibility index (Phi) is 5.79. The van der Waals surface area contributed by atoms with Gasteiger partial charge in [-0.25, -0.2) is 9.97 Å². The molecular formula is C27H28ClN5OS. The van der Waals surface area contributed by atoms with Crippen LogP contribution in [0.3, 0.4) is 0 Å². The summed E-state index contributed by atoms with van der Waals surface area (Å²) in [5, 5.41) is 13.0. The van der Waals surface area contributed by atoms with Crippen molar-refractivity contribution in [2.24, 2.45) is 0 Å². The van der Waals surface area contributed by atoms with E-state index in [9.17, 15) is 4.79 Å². The van der Waals surface area contributed by atoms with Crippen LogP contribution in [-0.4, -0.2) is 57.4 Å². The number of hydrogen-bond donors (Lipinski definition) is 0. The van der Waals surface area contributed by atoms with E-state index in [1.165, 1.54) is 0 Å². The maximum atomic E-state index is 13.4. The third-order valence-electron chi connectivity index (χ3n) is 8.24. The van der Waals surface area contributed by atoms with E-state index in [0.29, 0.717) is 41.1 Å². The Bertz CT molecular complexity index is 1340. The molecule has 4 atom stereocenters. The van der Waals surface area contributed by atoms with Crippen LogP contribution in [-0.2, 0) is 0 Å². The third-order valence-corrected chi connectivity index (χ3v) is 9.37. The fourth-order valence-electron chi connectivity index (χ4n) is 6.34. The van der Waals surface area contributed by atoms with Crippen molar-refractivity contribution in [2.45, 2.75) is 69.0 Å². The first-order valence-electron chi connectivity index (χ1n) is 12.4. The number of thiophene rings is 1. The Morgan fingerprint density at radius 3 is 2.69 bits per heavy atom. The van der Waals surface area contributed by atoms with Gasteiger partial charge in [-0.1, -0.05) is 17.7 Å². The van der Waals surface area contributed by atoms with Crippen molar-refractivity contribution in [1.82, 2.24) is 19.8 Å². The van der Waals surface area contributed by atoms with Crippen LogP contribution in [0.25, 0.3) is 10.2 Å². The highest BCUT2D eigenvalue weighted by Gasteiger charge is 2.44. The summed E-state index contributed by atoms with van der Waals surface area (Å²) in [5.74, 6) is 1.49. The third kappa shape index (κ3) is 4.02. The van der Waals surface area contributed by atoms with Crippen LogP contribution >= 0.6 is 22.9 Å². The summed E-state index contributed by atoms with van der Waals surface area (Å²) >= 11 is 8.40. The van der Waals surface area contributed by atoms with E-state index in [4.69, 9.17) is 21.8 Å². The number of fused-ring (bicyclic) bond motifs is 3. The fraction of sp³-hybridized carbons (Fsp3) is 0.481. The molecule has 0 radical (unpaired) electrons. The van der Waals surface area contributed by atoms with E-state index < -0.39 is 0 Å². The van der Waals surface area contributed by atoms with Gasteiger partial charge in [0.25, 0.3) is 5.91 Å². The normalized spacial score (nSPS) is 27.7. The van der Waals surface area contributed by atoms with Crippen molar-refractivity contribution in [3.8, 4) is 6.07 Å². The maximum Gasteiger partial charge on any atom is 0.253 e. The molecule has 6 nitrogen and oxygen atoms in total. The lowest BCUT2D eigenvalue weighted by atomic mass is 9.95. The molecule has 1 saturated carbocycles. The van der Waals surface area contributed by atoms with Gasteiger partial charge in [0, 0.05) is 47.1 Å². The van der Waals surface area contributed by atoms with Gasteiger partial charge in [-0.2, -0.15) is 5.26 Å². The Morgan fingerprint density at radius 2 is 1.97 bits per heavy atom. The molecule has 3 aromatic rings. The number of carbonyl (C=O) groups excluding carboxylic acids is 1. The molecule has 2 bridgehead atoms. The molecule has 6 rings (SSSR count). The number of hydrogen-bond acceptors (Lipinski definition) is 6. The minimum atomic E-state index is 0.0235. The van der Waals surface area contributed by atoms with E-state index in [2.05, 4.69) is 27.4 Å². The SMILES string of the molecule is Cc1nc(C2CC2c2ccc(C(=O)N(C)C3CC4CCC(C3)N4CC#N)cc2Cl)c2ccsc2n1. The summed E-state index contributed by atoms with van der Waals surface area (Å²) in [4.78, 5) is 28.0. The van der Waals surface area contributed by atoms with Gasteiger partial charge < -0.3 is 4.90 Å². The smallest absolute Gasteiger partial charge is 0.253 e. The number of amides is 1. The van der Waals surface area contributed by atoms with Crippen LogP contribution in [0, 0.1) is 18.3 Å². The number of nitrogens with zero attached hydrogens (tertiary/aromatic N) is 5. The van der Waals surface area contributed by atoms with Gasteiger partial charge >= 0.3 is 0 Å². The van der Waals surface area contributed by atoms with Crippen molar-refractivity contribution in [3.05, 3.63) is 57.3 Å². The molecule has 180 valence electrons. The molecule has 4 unspecified atom stereocenters. The number of piperidine rings is 1. The van der Waals surface area contributed by atoms with Gasteiger partial charge in [0.15, 0.2) is 0 Å². The molecule has 2 aliphatic heterocycles. The quantitative estimate of drug-likeness (QED) is 0.427. The van der Waals surface area contributed by atoms with Crippen molar-refractivity contribution < 1.29 is 4.79 Å². The van der Waals surface area contributed by atoms with Gasteiger partial charge in [-0.3, -0.25) is 9.69 Å². The number of nitriles is 1. The summed E-state index contributed by atoms with van der Waals surface area (Å²) in [5.41, 5.74) is 2.86. The highest BCUT2D eigenvalue weighted by Crippen LogP contribution is 2.57. The largest absolute Gasteiger partial charge is 0.339 e. The van der Waals surface area contributed by atoms with Crippen LogP contribution in [0.4, 0.5) is 0 Å². The first-order chi connectivity index (χ1) is 16.9. The van der Waals surface area contributed by atoms with Crippen LogP contribution in [0.1, 0.15) is 71.4 Å². The number of halogens is 1. The van der Waals surface area contributed by atoms with E-state index in [1.54, 1.807) is 11.3 Å². The summed E-state index contributed by atoms with van der Waals surface area (Å²) < 4.78 is 0. The lowest BCUT2D eigenvalue weighted by molar-refractivity contribution is 0.0535. The minimum Gasteiger partial charge on any atom is -0.339 e. The van der Waals surface area contributed by atoms with Gasteiger partial charge in [0.05, 0.1) is 18.3 Å². The van der Waals surface area contributed by atoms with Gasteiger partial charge in [0.1, 0.15) is 10.7 Å². The molecular weight excluding hydrogens is 478 g/mol. The predicted molar refractivity (Wildman–Crippen MR) is 138 cm³/mol. The number of benzene rings is 1. The predicted octanol–water partition coefficient (Wildman–Crippen LogP) is 5.52. The van der Waals surface area contributed by atoms with E-state index in [1.807, 2.05) is 37.1 Å². The second-order valence-corrected chi connectivity index (χ2v) is 11.5. The standard InChI is InChI=1S/C27H28ClN5OS/c1-15-30-25(21-7-10-35-26(21)31-15)23-14-22(23)20-6-3-16(11-24(20)28)27(34)32(2)19-12-17-4-5-18(13-19)33(17)9-8-29/h3,6-7,10-11,17-19,22-23H,4-5,9,12-14H2,1-2H3. The zero-order chi connectivity index (χ0) is 24.3. The Morgan fingerprint density at radius 1 is 1.20 bits per heavy atom. The van der Waals surface area contributed by atoms with Crippen LogP contribution < -0.4 is 0 Å². The first-order valence-corrected chi connectivity index (χ1v) is 13.6. The summed E-state index contributed by atoms with van der Waals surface area (Å²) in [6, 6.07) is 11.2. The molecule has 2 aromatic heterocycles. The zero-order valence-electron chi connectivity index (χ0n) is 19.9. The van der Waals surface area contributed by atoms with E-state index in [0.717, 1.165) is 59.4 Å². The summed E-state index contributed by atoms with van der Waals surface area (Å²) in [6.07, 6.45) is 5.13. The van der Waals surface area contributed by atoms with Crippen LogP contribution in [0.15, 0.2) is 29.6 Å². The minimum absolute atomic E-state index is 0.0235. The van der Waals surface area contributed by atoms with Gasteiger partial charge in [0.2, 0.25) is 0 Å². The molecule has 1 aliphatic carbocycles. The first kappa shape index (κ1) is 22.9. The molecule has 4 heterocycles. The average Bonchev–Trinajstić information content (AvgIpc) is 3.43. The molecule has 8 heteroatoms. The molecule has 0 N–H and O–H groups in total. The summed E-state index contributed by atoms with van der Waals surface area (Å²) in [7, 11) is 1.91. The van der Waals surface area contributed by atoms with Crippen LogP contribution in [0.2, 0.25) is 5.02 Å². The highest BCUT2D eigenvalue weighted by atomic mass is 35.5. The Labute approximate surface area is 214 Å². The Hall–Kier alpha value is -2.53. The van der Waals surface area contributed by atoms with Crippen molar-refractivity contribution in [2.75, 3.05) is 13.6 Å². The molecule has 3 fully saturated rings. The van der Waals surface area contributed by atoms with Gasteiger partial charge in [-0.15, -0.1) is 11.3 Å². The van der Waals surface area contributed by atoms with Crippen molar-refractivity contribution in [3.63, 3.8) is 0 Å². The maximum absolute atomic E-state index is 13.4.